The number of thiophene rings is 1. The zero-order chi connectivity index (χ0) is 21.4. The summed E-state index contributed by atoms with van der Waals surface area (Å²) < 4.78 is 13.7. The number of carbonyl (C=O) groups is 2. The van der Waals surface area contributed by atoms with Gasteiger partial charge in [-0.2, -0.15) is 0 Å². The van der Waals surface area contributed by atoms with E-state index in [4.69, 9.17) is 0 Å². The molecule has 30 heavy (non-hydrogen) atoms. The van der Waals surface area contributed by atoms with Crippen LogP contribution in [0.4, 0.5) is 10.1 Å². The second kappa shape index (κ2) is 7.88. The van der Waals surface area contributed by atoms with Crippen molar-refractivity contribution in [2.24, 2.45) is 0 Å². The molecule has 152 valence electrons. The molecule has 2 heterocycles. The molecule has 0 bridgehead atoms. The van der Waals surface area contributed by atoms with Crippen molar-refractivity contribution in [3.63, 3.8) is 0 Å². The SMILES string of the molecule is CCc1ccc(N2C(=O)C(=O)/C(=C(\O)c3ccc(F)c(C)c3)C2c2cccs2)cc1. The Bertz CT molecular complexity index is 1150. The summed E-state index contributed by atoms with van der Waals surface area (Å²) in [6.07, 6.45) is 0.859. The molecule has 1 aliphatic rings. The van der Waals surface area contributed by atoms with Crippen LogP contribution in [0.3, 0.4) is 0 Å². The van der Waals surface area contributed by atoms with Crippen LogP contribution in [0.15, 0.2) is 65.6 Å². The van der Waals surface area contributed by atoms with Crippen molar-refractivity contribution < 1.29 is 19.1 Å². The number of nitrogens with zero attached hydrogens (tertiary/aromatic N) is 1. The van der Waals surface area contributed by atoms with Crippen molar-refractivity contribution in [1.29, 1.82) is 0 Å². The number of aryl methyl sites for hydroxylation is 2. The van der Waals surface area contributed by atoms with E-state index in [9.17, 15) is 19.1 Å². The zero-order valence-electron chi connectivity index (χ0n) is 16.6. The number of anilines is 1. The molecule has 6 heteroatoms. The van der Waals surface area contributed by atoms with Crippen LogP contribution < -0.4 is 4.90 Å². The van der Waals surface area contributed by atoms with Gasteiger partial charge in [0.2, 0.25) is 0 Å². The van der Waals surface area contributed by atoms with Crippen molar-refractivity contribution in [2.75, 3.05) is 4.90 Å². The summed E-state index contributed by atoms with van der Waals surface area (Å²) in [5.41, 5.74) is 2.35. The van der Waals surface area contributed by atoms with Crippen molar-refractivity contribution in [2.45, 2.75) is 26.3 Å². The summed E-state index contributed by atoms with van der Waals surface area (Å²) >= 11 is 1.40. The van der Waals surface area contributed by atoms with Crippen molar-refractivity contribution in [3.8, 4) is 0 Å². The van der Waals surface area contributed by atoms with Gasteiger partial charge in [0.25, 0.3) is 11.7 Å². The van der Waals surface area contributed by atoms with Gasteiger partial charge in [0.15, 0.2) is 0 Å². The number of rotatable bonds is 4. The molecule has 1 aliphatic heterocycles. The molecule has 1 aromatic heterocycles. The van der Waals surface area contributed by atoms with Gasteiger partial charge < -0.3 is 5.11 Å². The number of halogens is 1. The highest BCUT2D eigenvalue weighted by Crippen LogP contribution is 2.43. The molecule has 1 unspecified atom stereocenters. The highest BCUT2D eigenvalue weighted by atomic mass is 32.1. The van der Waals surface area contributed by atoms with E-state index >= 15 is 0 Å². The van der Waals surface area contributed by atoms with Crippen LogP contribution in [0.25, 0.3) is 5.76 Å². The van der Waals surface area contributed by atoms with Gasteiger partial charge in [-0.25, -0.2) is 4.39 Å². The van der Waals surface area contributed by atoms with Crippen molar-refractivity contribution >= 4 is 34.5 Å². The highest BCUT2D eigenvalue weighted by Gasteiger charge is 2.47. The fraction of sp³-hybridized carbons (Fsp3) is 0.167. The molecule has 0 radical (unpaired) electrons. The molecule has 1 N–H and O–H groups in total. The molecule has 0 aliphatic carbocycles. The lowest BCUT2D eigenvalue weighted by Gasteiger charge is -2.24. The van der Waals surface area contributed by atoms with E-state index in [0.717, 1.165) is 16.9 Å². The Hall–Kier alpha value is -3.25. The van der Waals surface area contributed by atoms with Gasteiger partial charge in [-0.3, -0.25) is 14.5 Å². The Morgan fingerprint density at radius 1 is 1.13 bits per heavy atom. The number of ketones is 1. The second-order valence-corrected chi connectivity index (χ2v) is 8.15. The summed E-state index contributed by atoms with van der Waals surface area (Å²) in [6, 6.07) is 14.5. The van der Waals surface area contributed by atoms with Crippen molar-refractivity contribution in [1.82, 2.24) is 0 Å². The number of hydrogen-bond donors (Lipinski definition) is 1. The van der Waals surface area contributed by atoms with E-state index < -0.39 is 23.5 Å². The summed E-state index contributed by atoms with van der Waals surface area (Å²) in [7, 11) is 0. The number of hydrogen-bond acceptors (Lipinski definition) is 4. The monoisotopic (exact) mass is 421 g/mol. The van der Waals surface area contributed by atoms with Gasteiger partial charge in [0, 0.05) is 16.1 Å². The minimum atomic E-state index is -0.757. The fourth-order valence-corrected chi connectivity index (χ4v) is 4.48. The molecule has 1 atom stereocenters. The fourth-order valence-electron chi connectivity index (χ4n) is 3.65. The molecule has 1 amide bonds. The molecule has 3 aromatic rings. The largest absolute Gasteiger partial charge is 0.507 e. The predicted molar refractivity (Wildman–Crippen MR) is 116 cm³/mol. The Morgan fingerprint density at radius 3 is 2.47 bits per heavy atom. The Kier molecular flexibility index (Phi) is 5.26. The summed E-state index contributed by atoms with van der Waals surface area (Å²) in [5.74, 6) is -2.16. The van der Waals surface area contributed by atoms with Crippen LogP contribution in [-0.4, -0.2) is 16.8 Å². The lowest BCUT2D eigenvalue weighted by molar-refractivity contribution is -0.132. The van der Waals surface area contributed by atoms with Crippen LogP contribution >= 0.6 is 11.3 Å². The lowest BCUT2D eigenvalue weighted by Crippen LogP contribution is -2.29. The third kappa shape index (κ3) is 3.33. The smallest absolute Gasteiger partial charge is 0.300 e. The molecule has 0 saturated carbocycles. The maximum atomic E-state index is 13.7. The van der Waals surface area contributed by atoms with Crippen LogP contribution in [0.2, 0.25) is 0 Å². The number of aliphatic hydroxyl groups excluding tert-OH is 1. The molecule has 1 fully saturated rings. The van der Waals surface area contributed by atoms with E-state index in [-0.39, 0.29) is 11.3 Å². The molecular weight excluding hydrogens is 401 g/mol. The number of benzene rings is 2. The van der Waals surface area contributed by atoms with Gasteiger partial charge in [-0.15, -0.1) is 11.3 Å². The van der Waals surface area contributed by atoms with E-state index in [1.165, 1.54) is 34.4 Å². The van der Waals surface area contributed by atoms with Crippen LogP contribution in [0.1, 0.15) is 34.5 Å². The van der Waals surface area contributed by atoms with Crippen LogP contribution in [0.5, 0.6) is 0 Å². The summed E-state index contributed by atoms with van der Waals surface area (Å²) in [4.78, 5) is 28.2. The third-order valence-corrected chi connectivity index (χ3v) is 6.24. The van der Waals surface area contributed by atoms with E-state index in [2.05, 4.69) is 0 Å². The minimum absolute atomic E-state index is 0.00743. The molecule has 4 nitrogen and oxygen atoms in total. The predicted octanol–water partition coefficient (Wildman–Crippen LogP) is 5.38. The van der Waals surface area contributed by atoms with Gasteiger partial charge in [0.1, 0.15) is 17.6 Å². The Balaban J connectivity index is 1.90. The quantitative estimate of drug-likeness (QED) is 0.349. The highest BCUT2D eigenvalue weighted by molar-refractivity contribution is 7.10. The number of carbonyl (C=O) groups excluding carboxylic acids is 2. The lowest BCUT2D eigenvalue weighted by atomic mass is 9.98. The van der Waals surface area contributed by atoms with Gasteiger partial charge >= 0.3 is 0 Å². The van der Waals surface area contributed by atoms with E-state index in [1.807, 2.05) is 48.7 Å². The molecule has 4 rings (SSSR count). The van der Waals surface area contributed by atoms with Gasteiger partial charge in [0.05, 0.1) is 5.57 Å². The number of amides is 1. The van der Waals surface area contributed by atoms with Crippen LogP contribution in [-0.2, 0) is 16.0 Å². The van der Waals surface area contributed by atoms with Crippen molar-refractivity contribution in [3.05, 3.63) is 92.9 Å². The van der Waals surface area contributed by atoms with Crippen LogP contribution in [0, 0.1) is 12.7 Å². The number of Topliss-reactive ketones (excluding diaryl/α,β-unsaturated/α-hetero) is 1. The normalized spacial score (nSPS) is 18.2. The average molecular weight is 421 g/mol. The topological polar surface area (TPSA) is 57.6 Å². The summed E-state index contributed by atoms with van der Waals surface area (Å²) in [5, 5.41) is 12.9. The first-order valence-electron chi connectivity index (χ1n) is 9.62. The Morgan fingerprint density at radius 2 is 1.87 bits per heavy atom. The van der Waals surface area contributed by atoms with Gasteiger partial charge in [-0.05, 0) is 66.2 Å². The molecule has 0 spiro atoms. The maximum Gasteiger partial charge on any atom is 0.300 e. The molecule has 1 saturated heterocycles. The van der Waals surface area contributed by atoms with E-state index in [0.29, 0.717) is 16.8 Å². The first kappa shape index (κ1) is 20.0. The average Bonchev–Trinajstić information content (AvgIpc) is 3.37. The Labute approximate surface area is 177 Å². The van der Waals surface area contributed by atoms with E-state index in [1.54, 1.807) is 6.92 Å². The summed E-state index contributed by atoms with van der Waals surface area (Å²) in [6.45, 7) is 3.62. The zero-order valence-corrected chi connectivity index (χ0v) is 17.4. The first-order valence-corrected chi connectivity index (χ1v) is 10.5. The van der Waals surface area contributed by atoms with Gasteiger partial charge in [-0.1, -0.05) is 25.1 Å². The first-order chi connectivity index (χ1) is 14.4. The second-order valence-electron chi connectivity index (χ2n) is 7.17. The minimum Gasteiger partial charge on any atom is -0.507 e. The third-order valence-electron chi connectivity index (χ3n) is 5.31. The molecular formula is C24H20FNO3S. The number of aliphatic hydroxyl groups is 1. The maximum absolute atomic E-state index is 13.7. The standard InChI is InChI=1S/C24H20FNO3S/c1-3-15-6-9-17(10-7-15)26-21(19-5-4-12-30-19)20(23(28)24(26)29)22(27)16-8-11-18(25)14(2)13-16/h4-13,21,27H,3H2,1-2H3/b22-20-. The molecule has 2 aromatic carbocycles.